The van der Waals surface area contributed by atoms with E-state index in [1.165, 1.54) is 6.07 Å². The van der Waals surface area contributed by atoms with Crippen LogP contribution in [0.2, 0.25) is 5.02 Å². The molecule has 0 aromatic heterocycles. The van der Waals surface area contributed by atoms with Crippen LogP contribution in [0.4, 0.5) is 10.1 Å². The highest BCUT2D eigenvalue weighted by atomic mass is 35.5. The van der Waals surface area contributed by atoms with Gasteiger partial charge in [0.2, 0.25) is 5.91 Å². The van der Waals surface area contributed by atoms with Gasteiger partial charge in [-0.3, -0.25) is 4.79 Å². The molecule has 3 nitrogen and oxygen atoms in total. The van der Waals surface area contributed by atoms with Crippen molar-refractivity contribution in [1.82, 2.24) is 5.32 Å². The molecule has 1 amide bonds. The Labute approximate surface area is 134 Å². The van der Waals surface area contributed by atoms with Crippen LogP contribution < -0.4 is 10.6 Å². The first kappa shape index (κ1) is 16.3. The standard InChI is InChI=1S/C17H18ClFN2O/c1-12-6-7-14(10-15(12)18)21-11-17(22)20-9-8-13-4-2-3-5-16(13)19/h2-7,10,21H,8-9,11H2,1H3,(H,20,22). The van der Waals surface area contributed by atoms with Gasteiger partial charge in [-0.05, 0) is 42.7 Å². The molecule has 2 aromatic rings. The van der Waals surface area contributed by atoms with Crippen molar-refractivity contribution in [2.24, 2.45) is 0 Å². The average molecular weight is 321 g/mol. The molecule has 0 spiro atoms. The Bertz CT molecular complexity index is 661. The number of benzene rings is 2. The molecule has 0 aliphatic heterocycles. The van der Waals surface area contributed by atoms with Crippen LogP contribution in [0, 0.1) is 12.7 Å². The SMILES string of the molecule is Cc1ccc(NCC(=O)NCCc2ccccc2F)cc1Cl. The number of halogens is 2. The summed E-state index contributed by atoms with van der Waals surface area (Å²) in [5.41, 5.74) is 2.38. The fourth-order valence-corrected chi connectivity index (χ4v) is 2.17. The zero-order valence-corrected chi connectivity index (χ0v) is 13.1. The molecule has 2 N–H and O–H groups in total. The van der Waals surface area contributed by atoms with Gasteiger partial charge in [-0.25, -0.2) is 4.39 Å². The van der Waals surface area contributed by atoms with Crippen molar-refractivity contribution >= 4 is 23.2 Å². The van der Waals surface area contributed by atoms with Crippen LogP contribution in [0.3, 0.4) is 0 Å². The summed E-state index contributed by atoms with van der Waals surface area (Å²) in [5.74, 6) is -0.391. The third-order valence-electron chi connectivity index (χ3n) is 3.30. The van der Waals surface area contributed by atoms with E-state index in [-0.39, 0.29) is 18.3 Å². The lowest BCUT2D eigenvalue weighted by Gasteiger charge is -2.09. The summed E-state index contributed by atoms with van der Waals surface area (Å²) < 4.78 is 13.4. The smallest absolute Gasteiger partial charge is 0.239 e. The number of hydrogen-bond acceptors (Lipinski definition) is 2. The monoisotopic (exact) mass is 320 g/mol. The number of carbonyl (C=O) groups excluding carboxylic acids is 1. The van der Waals surface area contributed by atoms with Gasteiger partial charge in [0.15, 0.2) is 0 Å². The molecular formula is C17H18ClFN2O. The molecule has 116 valence electrons. The normalized spacial score (nSPS) is 10.3. The van der Waals surface area contributed by atoms with E-state index in [9.17, 15) is 9.18 Å². The number of rotatable bonds is 6. The van der Waals surface area contributed by atoms with Crippen molar-refractivity contribution in [2.45, 2.75) is 13.3 Å². The first-order valence-corrected chi connectivity index (χ1v) is 7.44. The van der Waals surface area contributed by atoms with E-state index >= 15 is 0 Å². The molecule has 0 saturated heterocycles. The second-order valence-corrected chi connectivity index (χ2v) is 5.42. The second kappa shape index (κ2) is 7.80. The molecule has 0 unspecified atom stereocenters. The highest BCUT2D eigenvalue weighted by molar-refractivity contribution is 6.31. The van der Waals surface area contributed by atoms with Crippen LogP contribution in [-0.4, -0.2) is 19.0 Å². The average Bonchev–Trinajstić information content (AvgIpc) is 2.50. The van der Waals surface area contributed by atoms with Gasteiger partial charge in [0.05, 0.1) is 6.54 Å². The predicted molar refractivity (Wildman–Crippen MR) is 87.8 cm³/mol. The minimum Gasteiger partial charge on any atom is -0.376 e. The molecule has 0 saturated carbocycles. The number of anilines is 1. The van der Waals surface area contributed by atoms with Crippen LogP contribution in [-0.2, 0) is 11.2 Å². The summed E-state index contributed by atoms with van der Waals surface area (Å²) in [6.07, 6.45) is 0.467. The Hall–Kier alpha value is -2.07. The zero-order chi connectivity index (χ0) is 15.9. The van der Waals surface area contributed by atoms with E-state index < -0.39 is 0 Å². The zero-order valence-electron chi connectivity index (χ0n) is 12.3. The van der Waals surface area contributed by atoms with Crippen molar-refractivity contribution in [3.63, 3.8) is 0 Å². The third-order valence-corrected chi connectivity index (χ3v) is 3.71. The Morgan fingerprint density at radius 1 is 1.23 bits per heavy atom. The molecule has 2 rings (SSSR count). The summed E-state index contributed by atoms with van der Waals surface area (Å²) in [6.45, 7) is 2.47. The molecule has 0 fully saturated rings. The van der Waals surface area contributed by atoms with Crippen molar-refractivity contribution in [2.75, 3.05) is 18.4 Å². The second-order valence-electron chi connectivity index (χ2n) is 5.01. The molecule has 0 aliphatic carbocycles. The van der Waals surface area contributed by atoms with Gasteiger partial charge in [-0.2, -0.15) is 0 Å². The molecule has 22 heavy (non-hydrogen) atoms. The number of amides is 1. The van der Waals surface area contributed by atoms with Crippen molar-refractivity contribution < 1.29 is 9.18 Å². The largest absolute Gasteiger partial charge is 0.376 e. The number of aryl methyl sites for hydroxylation is 1. The molecule has 0 heterocycles. The first-order valence-electron chi connectivity index (χ1n) is 7.06. The summed E-state index contributed by atoms with van der Waals surface area (Å²) in [7, 11) is 0. The minimum absolute atomic E-state index is 0.145. The molecule has 2 aromatic carbocycles. The van der Waals surface area contributed by atoms with Gasteiger partial charge in [-0.15, -0.1) is 0 Å². The first-order chi connectivity index (χ1) is 10.6. The van der Waals surface area contributed by atoms with Crippen molar-refractivity contribution in [1.29, 1.82) is 0 Å². The lowest BCUT2D eigenvalue weighted by atomic mass is 10.1. The van der Waals surface area contributed by atoms with E-state index in [0.29, 0.717) is 23.6 Å². The lowest BCUT2D eigenvalue weighted by molar-refractivity contribution is -0.119. The molecule has 5 heteroatoms. The van der Waals surface area contributed by atoms with Crippen molar-refractivity contribution in [3.05, 3.63) is 64.4 Å². The Kier molecular flexibility index (Phi) is 5.78. The molecular weight excluding hydrogens is 303 g/mol. The number of hydrogen-bond donors (Lipinski definition) is 2. The summed E-state index contributed by atoms with van der Waals surface area (Å²) in [4.78, 5) is 11.7. The summed E-state index contributed by atoms with van der Waals surface area (Å²) in [5, 5.41) is 6.41. The maximum atomic E-state index is 13.4. The number of carbonyl (C=O) groups is 1. The Morgan fingerprint density at radius 3 is 2.73 bits per heavy atom. The van der Waals surface area contributed by atoms with Gasteiger partial charge >= 0.3 is 0 Å². The van der Waals surface area contributed by atoms with Crippen molar-refractivity contribution in [3.8, 4) is 0 Å². The Balaban J connectivity index is 1.74. The summed E-state index contributed by atoms with van der Waals surface area (Å²) in [6, 6.07) is 12.1. The topological polar surface area (TPSA) is 41.1 Å². The van der Waals surface area contributed by atoms with Gasteiger partial charge in [-0.1, -0.05) is 35.9 Å². The van der Waals surface area contributed by atoms with Gasteiger partial charge in [0.1, 0.15) is 5.82 Å². The third kappa shape index (κ3) is 4.74. The molecule has 0 bridgehead atoms. The van der Waals surface area contributed by atoms with Crippen LogP contribution in [0.5, 0.6) is 0 Å². The highest BCUT2D eigenvalue weighted by Crippen LogP contribution is 2.19. The van der Waals surface area contributed by atoms with Crippen LogP contribution in [0.25, 0.3) is 0 Å². The van der Waals surface area contributed by atoms with E-state index in [4.69, 9.17) is 11.6 Å². The van der Waals surface area contributed by atoms with Gasteiger partial charge in [0.25, 0.3) is 0 Å². The predicted octanol–water partition coefficient (Wildman–Crippen LogP) is 3.56. The van der Waals surface area contributed by atoms with Gasteiger partial charge < -0.3 is 10.6 Å². The molecule has 0 radical (unpaired) electrons. The summed E-state index contributed by atoms with van der Waals surface area (Å²) >= 11 is 6.02. The number of nitrogens with one attached hydrogen (secondary N) is 2. The van der Waals surface area contributed by atoms with Crippen LogP contribution in [0.15, 0.2) is 42.5 Å². The molecule has 0 atom stereocenters. The van der Waals surface area contributed by atoms with E-state index in [0.717, 1.165) is 11.3 Å². The van der Waals surface area contributed by atoms with Crippen LogP contribution >= 0.6 is 11.6 Å². The molecule has 0 aliphatic rings. The minimum atomic E-state index is -0.246. The lowest BCUT2D eigenvalue weighted by Crippen LogP contribution is -2.31. The fourth-order valence-electron chi connectivity index (χ4n) is 1.99. The quantitative estimate of drug-likeness (QED) is 0.854. The van der Waals surface area contributed by atoms with E-state index in [2.05, 4.69) is 10.6 Å². The van der Waals surface area contributed by atoms with E-state index in [1.54, 1.807) is 24.3 Å². The maximum absolute atomic E-state index is 13.4. The van der Waals surface area contributed by atoms with Gasteiger partial charge in [0, 0.05) is 17.3 Å². The van der Waals surface area contributed by atoms with E-state index in [1.807, 2.05) is 19.1 Å². The fraction of sp³-hybridized carbons (Fsp3) is 0.235. The maximum Gasteiger partial charge on any atom is 0.239 e. The van der Waals surface area contributed by atoms with Crippen LogP contribution in [0.1, 0.15) is 11.1 Å². The Morgan fingerprint density at radius 2 is 2.00 bits per heavy atom. The highest BCUT2D eigenvalue weighted by Gasteiger charge is 2.04.